The van der Waals surface area contributed by atoms with Gasteiger partial charge in [0.1, 0.15) is 5.69 Å². The van der Waals surface area contributed by atoms with Crippen LogP contribution in [-0.2, 0) is 11.3 Å². The van der Waals surface area contributed by atoms with E-state index in [0.29, 0.717) is 16.5 Å². The van der Waals surface area contributed by atoms with Crippen molar-refractivity contribution in [3.05, 3.63) is 39.6 Å². The molecule has 0 saturated heterocycles. The molecule has 1 aliphatic carbocycles. The third-order valence-corrected chi connectivity index (χ3v) is 4.23. The number of carbonyl (C=O) groups excluding carboxylic acids is 1. The smallest absolute Gasteiger partial charge is 0.352 e. The molecule has 0 bridgehead atoms. The first-order valence-corrected chi connectivity index (χ1v) is 7.27. The van der Waals surface area contributed by atoms with Gasteiger partial charge in [-0.3, -0.25) is 14.9 Å². The van der Waals surface area contributed by atoms with E-state index in [1.165, 1.54) is 18.2 Å². The van der Waals surface area contributed by atoms with E-state index in [1.54, 1.807) is 0 Å². The molecule has 1 aromatic carbocycles. The Morgan fingerprint density at radius 3 is 2.70 bits per heavy atom. The van der Waals surface area contributed by atoms with Crippen LogP contribution in [0.5, 0.6) is 0 Å². The molecule has 0 radical (unpaired) electrons. The maximum absolute atomic E-state index is 11.9. The lowest BCUT2D eigenvalue weighted by molar-refractivity contribution is -0.384. The maximum atomic E-state index is 11.9. The summed E-state index contributed by atoms with van der Waals surface area (Å²) in [7, 11) is 0. The summed E-state index contributed by atoms with van der Waals surface area (Å²) in [5, 5.41) is 23.4. The Kier molecular flexibility index (Phi) is 3.73. The Labute approximate surface area is 130 Å². The Bertz CT molecular complexity index is 807. The summed E-state index contributed by atoms with van der Waals surface area (Å²) in [6.45, 7) is 0.0259. The number of amides is 1. The number of H-pyrrole nitrogens is 1. The van der Waals surface area contributed by atoms with Gasteiger partial charge in [-0.2, -0.15) is 0 Å². The van der Waals surface area contributed by atoms with Gasteiger partial charge in [-0.1, -0.05) is 6.42 Å². The molecule has 23 heavy (non-hydrogen) atoms. The van der Waals surface area contributed by atoms with Crippen molar-refractivity contribution in [3.8, 4) is 0 Å². The Hall–Kier alpha value is -2.90. The molecule has 3 rings (SSSR count). The SMILES string of the molecule is O=C(O)c1[nH]c2ccc([N+](=O)[O-])cc2c1CNC(=O)C1CCC1. The summed E-state index contributed by atoms with van der Waals surface area (Å²) < 4.78 is 0. The van der Waals surface area contributed by atoms with Crippen molar-refractivity contribution in [1.29, 1.82) is 0 Å². The molecular formula is C15H15N3O5. The Morgan fingerprint density at radius 1 is 1.39 bits per heavy atom. The van der Waals surface area contributed by atoms with Gasteiger partial charge < -0.3 is 15.4 Å². The standard InChI is InChI=1S/C15H15N3O5/c19-14(8-2-1-3-8)16-7-11-10-6-9(18(22)23)4-5-12(10)17-13(11)15(20)21/h4-6,8,17H,1-3,7H2,(H,16,19)(H,20,21). The summed E-state index contributed by atoms with van der Waals surface area (Å²) in [5.41, 5.74) is 0.652. The topological polar surface area (TPSA) is 125 Å². The van der Waals surface area contributed by atoms with E-state index < -0.39 is 10.9 Å². The first-order chi connectivity index (χ1) is 11.0. The number of aromatic amines is 1. The number of carboxylic acids is 1. The molecule has 0 aliphatic heterocycles. The highest BCUT2D eigenvalue weighted by Gasteiger charge is 2.26. The van der Waals surface area contributed by atoms with Gasteiger partial charge in [0.2, 0.25) is 5.91 Å². The van der Waals surface area contributed by atoms with Crippen LogP contribution in [0.3, 0.4) is 0 Å². The lowest BCUT2D eigenvalue weighted by Gasteiger charge is -2.24. The number of nitro benzene ring substituents is 1. The van der Waals surface area contributed by atoms with Crippen LogP contribution < -0.4 is 5.32 Å². The highest BCUT2D eigenvalue weighted by atomic mass is 16.6. The average molecular weight is 317 g/mol. The number of carbonyl (C=O) groups is 2. The van der Waals surface area contributed by atoms with Crippen molar-refractivity contribution in [2.75, 3.05) is 0 Å². The lowest BCUT2D eigenvalue weighted by Crippen LogP contribution is -2.34. The van der Waals surface area contributed by atoms with Crippen molar-refractivity contribution in [1.82, 2.24) is 10.3 Å². The summed E-state index contributed by atoms with van der Waals surface area (Å²) in [6.07, 6.45) is 2.71. The van der Waals surface area contributed by atoms with Crippen LogP contribution in [0, 0.1) is 16.0 Å². The first-order valence-electron chi connectivity index (χ1n) is 7.27. The van der Waals surface area contributed by atoms with Gasteiger partial charge in [-0.05, 0) is 18.9 Å². The Morgan fingerprint density at radius 2 is 2.13 bits per heavy atom. The number of aromatic carboxylic acids is 1. The van der Waals surface area contributed by atoms with E-state index >= 15 is 0 Å². The van der Waals surface area contributed by atoms with Crippen LogP contribution in [-0.4, -0.2) is 26.9 Å². The van der Waals surface area contributed by atoms with Gasteiger partial charge in [-0.15, -0.1) is 0 Å². The summed E-state index contributed by atoms with van der Waals surface area (Å²) >= 11 is 0. The molecule has 1 amide bonds. The zero-order chi connectivity index (χ0) is 16.6. The molecule has 0 atom stereocenters. The number of fused-ring (bicyclic) bond motifs is 1. The summed E-state index contributed by atoms with van der Waals surface area (Å²) in [6, 6.07) is 4.10. The van der Waals surface area contributed by atoms with Crippen LogP contribution in [0.1, 0.15) is 35.3 Å². The zero-order valence-corrected chi connectivity index (χ0v) is 12.2. The number of benzene rings is 1. The molecular weight excluding hydrogens is 302 g/mol. The number of carboxylic acid groups (broad SMARTS) is 1. The molecule has 120 valence electrons. The second-order valence-electron chi connectivity index (χ2n) is 5.62. The second-order valence-corrected chi connectivity index (χ2v) is 5.62. The van der Waals surface area contributed by atoms with Gasteiger partial charge in [0.25, 0.3) is 5.69 Å². The predicted octanol–water partition coefficient (Wildman–Crippen LogP) is 2.19. The van der Waals surface area contributed by atoms with E-state index in [0.717, 1.165) is 19.3 Å². The van der Waals surface area contributed by atoms with Crippen molar-refractivity contribution >= 4 is 28.5 Å². The monoisotopic (exact) mass is 317 g/mol. The average Bonchev–Trinajstić information content (AvgIpc) is 2.81. The van der Waals surface area contributed by atoms with Crippen LogP contribution in [0.4, 0.5) is 5.69 Å². The number of hydrogen-bond acceptors (Lipinski definition) is 4. The van der Waals surface area contributed by atoms with Crippen molar-refractivity contribution < 1.29 is 19.6 Å². The second kappa shape index (κ2) is 5.71. The first kappa shape index (κ1) is 15.0. The number of nitrogens with one attached hydrogen (secondary N) is 2. The largest absolute Gasteiger partial charge is 0.477 e. The summed E-state index contributed by atoms with van der Waals surface area (Å²) in [5.74, 6) is -1.29. The Balaban J connectivity index is 1.95. The van der Waals surface area contributed by atoms with Gasteiger partial charge in [-0.25, -0.2) is 4.79 Å². The summed E-state index contributed by atoms with van der Waals surface area (Å²) in [4.78, 5) is 36.4. The van der Waals surface area contributed by atoms with E-state index in [1.807, 2.05) is 0 Å². The normalized spacial score (nSPS) is 14.4. The highest BCUT2D eigenvalue weighted by Crippen LogP contribution is 2.28. The quantitative estimate of drug-likeness (QED) is 0.575. The van der Waals surface area contributed by atoms with E-state index in [2.05, 4.69) is 10.3 Å². The molecule has 1 saturated carbocycles. The van der Waals surface area contributed by atoms with Gasteiger partial charge in [0, 0.05) is 41.1 Å². The maximum Gasteiger partial charge on any atom is 0.352 e. The molecule has 1 heterocycles. The van der Waals surface area contributed by atoms with Crippen molar-refractivity contribution in [2.45, 2.75) is 25.8 Å². The van der Waals surface area contributed by atoms with Crippen LogP contribution in [0.25, 0.3) is 10.9 Å². The fourth-order valence-corrected chi connectivity index (χ4v) is 2.71. The minimum Gasteiger partial charge on any atom is -0.477 e. The molecule has 0 unspecified atom stereocenters. The van der Waals surface area contributed by atoms with E-state index in [4.69, 9.17) is 0 Å². The minimum atomic E-state index is -1.17. The molecule has 3 N–H and O–H groups in total. The number of nitrogens with zero attached hydrogens (tertiary/aromatic N) is 1. The molecule has 8 nitrogen and oxygen atoms in total. The third kappa shape index (κ3) is 2.75. The van der Waals surface area contributed by atoms with E-state index in [9.17, 15) is 24.8 Å². The van der Waals surface area contributed by atoms with Crippen LogP contribution in [0.15, 0.2) is 18.2 Å². The lowest BCUT2D eigenvalue weighted by atomic mass is 9.85. The number of aromatic nitrogens is 1. The molecule has 1 aromatic heterocycles. The molecule has 8 heteroatoms. The molecule has 1 fully saturated rings. The fourth-order valence-electron chi connectivity index (χ4n) is 2.71. The zero-order valence-electron chi connectivity index (χ0n) is 12.2. The van der Waals surface area contributed by atoms with Gasteiger partial charge >= 0.3 is 5.97 Å². The van der Waals surface area contributed by atoms with Crippen molar-refractivity contribution in [3.63, 3.8) is 0 Å². The van der Waals surface area contributed by atoms with Crippen molar-refractivity contribution in [2.24, 2.45) is 5.92 Å². The molecule has 0 spiro atoms. The third-order valence-electron chi connectivity index (χ3n) is 4.23. The van der Waals surface area contributed by atoms with E-state index in [-0.39, 0.29) is 29.8 Å². The van der Waals surface area contributed by atoms with Gasteiger partial charge in [0.15, 0.2) is 0 Å². The number of nitro groups is 1. The van der Waals surface area contributed by atoms with Crippen LogP contribution in [0.2, 0.25) is 0 Å². The number of rotatable bonds is 5. The fraction of sp³-hybridized carbons (Fsp3) is 0.333. The minimum absolute atomic E-state index is 0.0113. The van der Waals surface area contributed by atoms with Gasteiger partial charge in [0.05, 0.1) is 4.92 Å². The molecule has 1 aliphatic rings. The molecule has 2 aromatic rings. The number of hydrogen-bond donors (Lipinski definition) is 3. The predicted molar refractivity (Wildman–Crippen MR) is 81.1 cm³/mol. The highest BCUT2D eigenvalue weighted by molar-refractivity contribution is 5.98. The van der Waals surface area contributed by atoms with Crippen LogP contribution >= 0.6 is 0 Å². The number of non-ortho nitro benzene ring substituents is 1.